The van der Waals surface area contributed by atoms with Crippen LogP contribution >= 0.6 is 24.8 Å². The van der Waals surface area contributed by atoms with Gasteiger partial charge < -0.3 is 27.0 Å². The van der Waals surface area contributed by atoms with E-state index >= 15 is 0 Å². The Morgan fingerprint density at radius 2 is 1.74 bits per heavy atom. The number of nitrogens with two attached hydrogens (primary N) is 2. The molecular weight excluding hydrogens is 537 g/mol. The van der Waals surface area contributed by atoms with Crippen molar-refractivity contribution in [3.05, 3.63) is 65.2 Å². The molecule has 2 aromatic rings. The summed E-state index contributed by atoms with van der Waals surface area (Å²) < 4.78 is 0. The number of aryl methyl sites for hydroxylation is 3. The van der Waals surface area contributed by atoms with Gasteiger partial charge in [-0.15, -0.1) is 24.8 Å². The van der Waals surface area contributed by atoms with Crippen LogP contribution in [0.2, 0.25) is 0 Å². The Labute approximate surface area is 243 Å². The Morgan fingerprint density at radius 1 is 1.00 bits per heavy atom. The van der Waals surface area contributed by atoms with E-state index in [9.17, 15) is 14.4 Å². The first-order valence-electron chi connectivity index (χ1n) is 13.5. The number of hydrogen-bond acceptors (Lipinski definition) is 5. The van der Waals surface area contributed by atoms with Crippen LogP contribution in [0, 0.1) is 0 Å². The topological polar surface area (TPSA) is 131 Å². The van der Waals surface area contributed by atoms with E-state index in [4.69, 9.17) is 11.5 Å². The number of nitrogens with one attached hydrogen (secondary N) is 2. The van der Waals surface area contributed by atoms with Crippen molar-refractivity contribution in [1.82, 2.24) is 10.2 Å². The van der Waals surface area contributed by atoms with E-state index in [0.717, 1.165) is 37.8 Å². The van der Waals surface area contributed by atoms with E-state index in [1.807, 2.05) is 30.3 Å². The van der Waals surface area contributed by atoms with Gasteiger partial charge in [-0.2, -0.15) is 0 Å². The number of nitrogens with zero attached hydrogens (tertiary/aromatic N) is 1. The summed E-state index contributed by atoms with van der Waals surface area (Å²) in [6.07, 6.45) is 6.62. The Kier molecular flexibility index (Phi) is 13.2. The van der Waals surface area contributed by atoms with E-state index in [1.165, 1.54) is 16.7 Å². The second-order valence-corrected chi connectivity index (χ2v) is 10.2. The average Bonchev–Trinajstić information content (AvgIpc) is 3.54. The zero-order valence-corrected chi connectivity index (χ0v) is 23.9. The Morgan fingerprint density at radius 3 is 2.49 bits per heavy atom. The Bertz CT molecular complexity index is 1100. The Hall–Kier alpha value is -2.65. The molecule has 1 saturated heterocycles. The number of rotatable bonds is 11. The maximum atomic E-state index is 13.3. The molecular formula is C29H41Cl2N5O3. The van der Waals surface area contributed by atoms with Crippen molar-refractivity contribution < 1.29 is 14.4 Å². The Balaban J connectivity index is 0.00000267. The van der Waals surface area contributed by atoms with Crippen LogP contribution in [0.3, 0.4) is 0 Å². The van der Waals surface area contributed by atoms with Crippen LogP contribution < -0.4 is 22.1 Å². The summed E-state index contributed by atoms with van der Waals surface area (Å²) in [4.78, 5) is 40.8. The predicted molar refractivity (Wildman–Crippen MR) is 159 cm³/mol. The fourth-order valence-corrected chi connectivity index (χ4v) is 5.38. The van der Waals surface area contributed by atoms with Gasteiger partial charge in [0, 0.05) is 24.7 Å². The molecule has 214 valence electrons. The minimum absolute atomic E-state index is 0. The fraction of sp³-hybridized carbons (Fsp3) is 0.483. The lowest BCUT2D eigenvalue weighted by molar-refractivity contribution is -0.138. The number of fused-ring (bicyclic) bond motifs is 1. The summed E-state index contributed by atoms with van der Waals surface area (Å²) in [5, 5.41) is 6.04. The van der Waals surface area contributed by atoms with E-state index in [-0.39, 0.29) is 55.1 Å². The molecule has 10 heteroatoms. The van der Waals surface area contributed by atoms with Crippen molar-refractivity contribution in [3.8, 4) is 0 Å². The zero-order chi connectivity index (χ0) is 26.2. The molecule has 1 aliphatic carbocycles. The third-order valence-electron chi connectivity index (χ3n) is 7.37. The van der Waals surface area contributed by atoms with E-state index in [2.05, 4.69) is 28.8 Å². The molecule has 2 aliphatic rings. The van der Waals surface area contributed by atoms with Crippen LogP contribution in [0.1, 0.15) is 55.2 Å². The highest BCUT2D eigenvalue weighted by Gasteiger charge is 2.41. The highest BCUT2D eigenvalue weighted by atomic mass is 35.5. The highest BCUT2D eigenvalue weighted by Crippen LogP contribution is 2.26. The molecule has 0 unspecified atom stereocenters. The van der Waals surface area contributed by atoms with Crippen molar-refractivity contribution in [3.63, 3.8) is 0 Å². The first-order valence-corrected chi connectivity index (χ1v) is 13.5. The first kappa shape index (κ1) is 32.6. The average molecular weight is 579 g/mol. The highest BCUT2D eigenvalue weighted by molar-refractivity contribution is 5.98. The van der Waals surface area contributed by atoms with Crippen molar-refractivity contribution in [2.45, 2.75) is 75.9 Å². The second-order valence-electron chi connectivity index (χ2n) is 10.2. The molecule has 2 aromatic carbocycles. The van der Waals surface area contributed by atoms with Crippen molar-refractivity contribution in [1.29, 1.82) is 0 Å². The quantitative estimate of drug-likeness (QED) is 0.326. The van der Waals surface area contributed by atoms with Gasteiger partial charge in [-0.1, -0.05) is 36.4 Å². The van der Waals surface area contributed by atoms with Gasteiger partial charge in [0.1, 0.15) is 6.04 Å². The van der Waals surface area contributed by atoms with E-state index in [1.54, 1.807) is 4.90 Å². The smallest absolute Gasteiger partial charge is 0.247 e. The van der Waals surface area contributed by atoms with Crippen molar-refractivity contribution in [2.24, 2.45) is 11.5 Å². The molecule has 8 nitrogen and oxygen atoms in total. The summed E-state index contributed by atoms with van der Waals surface area (Å²) in [7, 11) is 0. The van der Waals surface area contributed by atoms with Crippen LogP contribution in [0.5, 0.6) is 0 Å². The molecule has 1 aliphatic heterocycles. The van der Waals surface area contributed by atoms with Gasteiger partial charge in [0.25, 0.3) is 0 Å². The number of hydrogen-bond donors (Lipinski definition) is 4. The molecule has 0 aromatic heterocycles. The standard InChI is InChI=1S/C29H39N5O3.2ClH/c30-16-6-12-25(31)29(37)34-19-24(32-27(35)13-4-9-20-7-2-1-3-8-20)18-26(34)28(36)33-23-15-14-21-10-5-11-22(21)17-23;;/h1-3,7-8,14-15,17,24-26H,4-6,9-13,16,18-19,30-31H2,(H,32,35)(H,33,36);2*1H/t24-,25+,26+;;/m1../s1. The third-order valence-corrected chi connectivity index (χ3v) is 7.37. The van der Waals surface area contributed by atoms with Crippen molar-refractivity contribution >= 4 is 48.2 Å². The number of amides is 3. The number of carbonyl (C=O) groups is 3. The molecule has 39 heavy (non-hydrogen) atoms. The van der Waals surface area contributed by atoms with E-state index < -0.39 is 12.1 Å². The minimum Gasteiger partial charge on any atom is -0.351 e. The predicted octanol–water partition coefficient (Wildman–Crippen LogP) is 3.13. The molecule has 4 rings (SSSR count). The van der Waals surface area contributed by atoms with Crippen molar-refractivity contribution in [2.75, 3.05) is 18.4 Å². The molecule has 3 atom stereocenters. The molecule has 3 amide bonds. The van der Waals surface area contributed by atoms with Crippen LogP contribution in [0.25, 0.3) is 0 Å². The van der Waals surface area contributed by atoms with Gasteiger partial charge in [0.2, 0.25) is 17.7 Å². The summed E-state index contributed by atoms with van der Waals surface area (Å²) in [5.41, 5.74) is 16.3. The largest absolute Gasteiger partial charge is 0.351 e. The lowest BCUT2D eigenvalue weighted by atomic mass is 10.1. The van der Waals surface area contributed by atoms with Gasteiger partial charge in [0.15, 0.2) is 0 Å². The van der Waals surface area contributed by atoms with E-state index in [0.29, 0.717) is 32.2 Å². The van der Waals surface area contributed by atoms with Gasteiger partial charge in [-0.05, 0) is 86.7 Å². The molecule has 0 spiro atoms. The normalized spacial score (nSPS) is 18.4. The van der Waals surface area contributed by atoms with Crippen LogP contribution in [0.15, 0.2) is 48.5 Å². The number of carbonyl (C=O) groups excluding carboxylic acids is 3. The lowest BCUT2D eigenvalue weighted by Crippen LogP contribution is -2.50. The molecule has 0 bridgehead atoms. The summed E-state index contributed by atoms with van der Waals surface area (Å²) in [6.45, 7) is 0.715. The molecule has 0 saturated carbocycles. The lowest BCUT2D eigenvalue weighted by Gasteiger charge is -2.26. The second kappa shape index (κ2) is 15.8. The molecule has 1 heterocycles. The van der Waals surface area contributed by atoms with Crippen LogP contribution in [0.4, 0.5) is 5.69 Å². The monoisotopic (exact) mass is 577 g/mol. The number of likely N-dealkylation sites (tertiary alicyclic amines) is 1. The zero-order valence-electron chi connectivity index (χ0n) is 22.3. The maximum absolute atomic E-state index is 13.3. The van der Waals surface area contributed by atoms with Gasteiger partial charge >= 0.3 is 0 Å². The van der Waals surface area contributed by atoms with Gasteiger partial charge in [0.05, 0.1) is 6.04 Å². The molecule has 6 N–H and O–H groups in total. The first-order chi connectivity index (χ1) is 17.9. The molecule has 1 fully saturated rings. The molecule has 0 radical (unpaired) electrons. The van der Waals surface area contributed by atoms with Crippen LogP contribution in [-0.2, 0) is 33.6 Å². The SMILES string of the molecule is Cl.Cl.NCCC[C@H](N)C(=O)N1C[C@H](NC(=O)CCCc2ccccc2)C[C@H]1C(=O)Nc1ccc2c(c1)CCC2. The summed E-state index contributed by atoms with van der Waals surface area (Å²) >= 11 is 0. The van der Waals surface area contributed by atoms with Gasteiger partial charge in [-0.3, -0.25) is 14.4 Å². The number of benzene rings is 2. The maximum Gasteiger partial charge on any atom is 0.247 e. The fourth-order valence-electron chi connectivity index (χ4n) is 5.38. The van der Waals surface area contributed by atoms with Gasteiger partial charge in [-0.25, -0.2) is 0 Å². The minimum atomic E-state index is -0.723. The summed E-state index contributed by atoms with van der Waals surface area (Å²) in [5.74, 6) is -0.595. The third kappa shape index (κ3) is 8.93. The summed E-state index contributed by atoms with van der Waals surface area (Å²) in [6, 6.07) is 14.4. The number of anilines is 1. The number of halogens is 2. The van der Waals surface area contributed by atoms with Crippen LogP contribution in [-0.4, -0.2) is 53.8 Å².